The zero-order valence-electron chi connectivity index (χ0n) is 14.8. The van der Waals surface area contributed by atoms with Crippen molar-refractivity contribution in [3.63, 3.8) is 0 Å². The van der Waals surface area contributed by atoms with E-state index < -0.39 is 22.9 Å². The van der Waals surface area contributed by atoms with Gasteiger partial charge in [-0.2, -0.15) is 13.2 Å². The summed E-state index contributed by atoms with van der Waals surface area (Å²) >= 11 is 0.665. The second-order valence-corrected chi connectivity index (χ2v) is 7.84. The molecule has 0 bridgehead atoms. The third-order valence-electron chi connectivity index (χ3n) is 4.88. The van der Waals surface area contributed by atoms with E-state index in [4.69, 9.17) is 4.74 Å². The number of thioether (sulfide) groups is 1. The van der Waals surface area contributed by atoms with Gasteiger partial charge in [-0.15, -0.1) is 0 Å². The van der Waals surface area contributed by atoms with Gasteiger partial charge in [0.15, 0.2) is 0 Å². The molecule has 4 nitrogen and oxygen atoms in total. The fourth-order valence-corrected chi connectivity index (χ4v) is 4.12. The summed E-state index contributed by atoms with van der Waals surface area (Å²) in [5, 5.41) is 1.54. The fourth-order valence-electron chi connectivity index (χ4n) is 3.43. The van der Waals surface area contributed by atoms with Crippen LogP contribution in [-0.2, 0) is 11.0 Å². The van der Waals surface area contributed by atoms with Crippen LogP contribution in [0.1, 0.15) is 50.2 Å². The maximum atomic E-state index is 13.5. The zero-order valence-corrected chi connectivity index (χ0v) is 15.6. The normalized spacial score (nSPS) is 21.4. The Bertz CT molecular complexity index is 770. The SMILES string of the molecule is CC(Oc1ccc(/C=C2\SC(=O)NC2=O)cc1C(F)(F)F)C1CCCCC1. The first kappa shape index (κ1) is 19.8. The molecule has 146 valence electrons. The fraction of sp³-hybridized carbons (Fsp3) is 0.474. The third kappa shape index (κ3) is 4.86. The monoisotopic (exact) mass is 399 g/mol. The van der Waals surface area contributed by atoms with Crippen molar-refractivity contribution >= 4 is 29.0 Å². The Kier molecular flexibility index (Phi) is 5.83. The lowest BCUT2D eigenvalue weighted by Crippen LogP contribution is -2.26. The van der Waals surface area contributed by atoms with E-state index in [2.05, 4.69) is 5.32 Å². The van der Waals surface area contributed by atoms with E-state index in [0.717, 1.165) is 38.2 Å². The largest absolute Gasteiger partial charge is 0.490 e. The van der Waals surface area contributed by atoms with Crippen molar-refractivity contribution in [1.82, 2.24) is 5.32 Å². The molecular weight excluding hydrogens is 379 g/mol. The van der Waals surface area contributed by atoms with Crippen molar-refractivity contribution in [3.05, 3.63) is 34.2 Å². The first-order valence-corrected chi connectivity index (χ1v) is 9.68. The number of nitrogens with one attached hydrogen (secondary N) is 1. The molecule has 1 aromatic rings. The molecule has 1 aliphatic heterocycles. The zero-order chi connectivity index (χ0) is 19.6. The van der Waals surface area contributed by atoms with Gasteiger partial charge in [-0.3, -0.25) is 14.9 Å². The number of carbonyl (C=O) groups excluding carboxylic acids is 2. The number of benzene rings is 1. The summed E-state index contributed by atoms with van der Waals surface area (Å²) in [7, 11) is 0. The highest BCUT2D eigenvalue weighted by Gasteiger charge is 2.36. The van der Waals surface area contributed by atoms with Crippen LogP contribution in [0.4, 0.5) is 18.0 Å². The van der Waals surface area contributed by atoms with Gasteiger partial charge in [0.25, 0.3) is 11.1 Å². The summed E-state index contributed by atoms with van der Waals surface area (Å²) in [5.41, 5.74) is -0.693. The molecule has 1 saturated carbocycles. The topological polar surface area (TPSA) is 55.4 Å². The molecule has 0 radical (unpaired) electrons. The van der Waals surface area contributed by atoms with E-state index in [0.29, 0.717) is 11.8 Å². The third-order valence-corrected chi connectivity index (χ3v) is 5.69. The van der Waals surface area contributed by atoms with E-state index >= 15 is 0 Å². The summed E-state index contributed by atoms with van der Waals surface area (Å²) in [6.07, 6.45) is 1.63. The van der Waals surface area contributed by atoms with Gasteiger partial charge in [0.1, 0.15) is 5.75 Å². The quantitative estimate of drug-likeness (QED) is 0.691. The predicted octanol–water partition coefficient (Wildman–Crippen LogP) is 5.38. The van der Waals surface area contributed by atoms with Crippen molar-refractivity contribution in [1.29, 1.82) is 0 Å². The van der Waals surface area contributed by atoms with Gasteiger partial charge in [0.2, 0.25) is 0 Å². The van der Waals surface area contributed by atoms with Gasteiger partial charge in [-0.25, -0.2) is 0 Å². The first-order chi connectivity index (χ1) is 12.7. The van der Waals surface area contributed by atoms with Crippen LogP contribution < -0.4 is 10.1 Å². The number of carbonyl (C=O) groups is 2. The minimum absolute atomic E-state index is 0.0670. The summed E-state index contributed by atoms with van der Waals surface area (Å²) in [6, 6.07) is 3.70. The van der Waals surface area contributed by atoms with Crippen LogP contribution >= 0.6 is 11.8 Å². The lowest BCUT2D eigenvalue weighted by atomic mass is 9.86. The maximum absolute atomic E-state index is 13.5. The Morgan fingerprint density at radius 3 is 2.52 bits per heavy atom. The molecule has 27 heavy (non-hydrogen) atoms. The van der Waals surface area contributed by atoms with Crippen LogP contribution in [0, 0.1) is 5.92 Å². The molecule has 1 N–H and O–H groups in total. The number of amides is 2. The number of hydrogen-bond donors (Lipinski definition) is 1. The molecule has 3 rings (SSSR count). The number of halogens is 3. The standard InChI is InChI=1S/C19H20F3NO3S/c1-11(13-5-3-2-4-6-13)26-15-8-7-12(9-14(15)19(20,21)22)10-16-17(24)23-18(25)27-16/h7-11,13H,2-6H2,1H3,(H,23,24,25)/b16-10-. The van der Waals surface area contributed by atoms with E-state index in [1.54, 1.807) is 0 Å². The summed E-state index contributed by atoms with van der Waals surface area (Å²) in [6.45, 7) is 1.82. The van der Waals surface area contributed by atoms with Gasteiger partial charge in [-0.1, -0.05) is 25.3 Å². The Labute approximate surface area is 159 Å². The molecule has 2 fully saturated rings. The molecule has 2 aliphatic rings. The predicted molar refractivity (Wildman–Crippen MR) is 97.2 cm³/mol. The summed E-state index contributed by atoms with van der Waals surface area (Å²) < 4.78 is 46.3. The molecule has 1 aliphatic carbocycles. The van der Waals surface area contributed by atoms with E-state index in [1.807, 2.05) is 6.92 Å². The number of imide groups is 1. The average Bonchev–Trinajstić information content (AvgIpc) is 2.93. The highest BCUT2D eigenvalue weighted by molar-refractivity contribution is 8.18. The Balaban J connectivity index is 1.85. The first-order valence-electron chi connectivity index (χ1n) is 8.87. The van der Waals surface area contributed by atoms with Gasteiger partial charge in [-0.05, 0) is 61.2 Å². The number of hydrogen-bond acceptors (Lipinski definition) is 4. The van der Waals surface area contributed by atoms with Crippen molar-refractivity contribution in [2.75, 3.05) is 0 Å². The van der Waals surface area contributed by atoms with Crippen molar-refractivity contribution in [3.8, 4) is 5.75 Å². The van der Waals surface area contributed by atoms with E-state index in [9.17, 15) is 22.8 Å². The molecular formula is C19H20F3NO3S. The second kappa shape index (κ2) is 7.96. The van der Waals surface area contributed by atoms with Crippen LogP contribution in [0.25, 0.3) is 6.08 Å². The van der Waals surface area contributed by atoms with Gasteiger partial charge < -0.3 is 4.74 Å². The molecule has 1 unspecified atom stereocenters. The molecule has 2 amide bonds. The van der Waals surface area contributed by atoms with Crippen molar-refractivity contribution in [2.24, 2.45) is 5.92 Å². The van der Waals surface area contributed by atoms with Crippen molar-refractivity contribution < 1.29 is 27.5 Å². The maximum Gasteiger partial charge on any atom is 0.419 e. The molecule has 1 atom stereocenters. The second-order valence-electron chi connectivity index (χ2n) is 6.83. The molecule has 1 heterocycles. The Morgan fingerprint density at radius 1 is 1.22 bits per heavy atom. The minimum atomic E-state index is -4.59. The number of alkyl halides is 3. The van der Waals surface area contributed by atoms with Crippen LogP contribution in [0.3, 0.4) is 0 Å². The number of rotatable bonds is 4. The van der Waals surface area contributed by atoms with Crippen molar-refractivity contribution in [2.45, 2.75) is 51.3 Å². The molecule has 1 saturated heterocycles. The minimum Gasteiger partial charge on any atom is -0.490 e. The van der Waals surface area contributed by atoms with E-state index in [-0.39, 0.29) is 28.2 Å². The molecule has 8 heteroatoms. The van der Waals surface area contributed by atoms with Crippen LogP contribution in [0.15, 0.2) is 23.1 Å². The smallest absolute Gasteiger partial charge is 0.419 e. The Hall–Kier alpha value is -1.96. The van der Waals surface area contributed by atoms with E-state index in [1.165, 1.54) is 18.2 Å². The lowest BCUT2D eigenvalue weighted by molar-refractivity contribution is -0.139. The molecule has 1 aromatic carbocycles. The van der Waals surface area contributed by atoms with Gasteiger partial charge in [0.05, 0.1) is 16.6 Å². The van der Waals surface area contributed by atoms with Crippen LogP contribution in [-0.4, -0.2) is 17.3 Å². The molecule has 0 aromatic heterocycles. The average molecular weight is 399 g/mol. The van der Waals surface area contributed by atoms with Gasteiger partial charge >= 0.3 is 6.18 Å². The Morgan fingerprint density at radius 2 is 1.93 bits per heavy atom. The van der Waals surface area contributed by atoms with Crippen LogP contribution in [0.5, 0.6) is 5.75 Å². The van der Waals surface area contributed by atoms with Crippen LogP contribution in [0.2, 0.25) is 0 Å². The lowest BCUT2D eigenvalue weighted by Gasteiger charge is -2.29. The van der Waals surface area contributed by atoms with Gasteiger partial charge in [0, 0.05) is 0 Å². The highest BCUT2D eigenvalue weighted by Crippen LogP contribution is 2.39. The summed E-state index contributed by atoms with van der Waals surface area (Å²) in [4.78, 5) is 22.9. The summed E-state index contributed by atoms with van der Waals surface area (Å²) in [5.74, 6) is -0.557. The molecule has 0 spiro atoms. The number of ether oxygens (including phenoxy) is 1. The highest BCUT2D eigenvalue weighted by atomic mass is 32.2.